The number of rotatable bonds is 5. The van der Waals surface area contributed by atoms with Crippen molar-refractivity contribution in [3.8, 4) is 5.75 Å². The third-order valence-corrected chi connectivity index (χ3v) is 3.12. The molecule has 1 aromatic rings. The molecule has 16 heavy (non-hydrogen) atoms. The number of alkyl halides is 3. The highest BCUT2D eigenvalue weighted by Gasteiger charge is 2.28. The molecule has 92 valence electrons. The van der Waals surface area contributed by atoms with E-state index in [0.717, 1.165) is 4.88 Å². The van der Waals surface area contributed by atoms with Crippen LogP contribution in [0.25, 0.3) is 0 Å². The van der Waals surface area contributed by atoms with Crippen LogP contribution in [-0.2, 0) is 0 Å². The van der Waals surface area contributed by atoms with Crippen LogP contribution in [0.1, 0.15) is 23.8 Å². The Balaban J connectivity index is 2.60. The number of nitrogens with one attached hydrogen (secondary N) is 1. The summed E-state index contributed by atoms with van der Waals surface area (Å²) in [5, 5.41) is 1.73. The van der Waals surface area contributed by atoms with Crippen molar-refractivity contribution < 1.29 is 17.9 Å². The molecule has 1 heterocycles. The van der Waals surface area contributed by atoms with Crippen molar-refractivity contribution in [1.82, 2.24) is 5.43 Å². The van der Waals surface area contributed by atoms with Crippen LogP contribution in [0.5, 0.6) is 5.75 Å². The summed E-state index contributed by atoms with van der Waals surface area (Å²) in [7, 11) is 1.51. The van der Waals surface area contributed by atoms with E-state index in [4.69, 9.17) is 10.6 Å². The zero-order valence-electron chi connectivity index (χ0n) is 8.67. The van der Waals surface area contributed by atoms with Crippen molar-refractivity contribution in [1.29, 1.82) is 0 Å². The summed E-state index contributed by atoms with van der Waals surface area (Å²) in [6, 6.07) is 1.20. The van der Waals surface area contributed by atoms with E-state index in [9.17, 15) is 13.2 Å². The maximum absolute atomic E-state index is 12.0. The monoisotopic (exact) mass is 254 g/mol. The van der Waals surface area contributed by atoms with Gasteiger partial charge in [-0.05, 0) is 12.5 Å². The lowest BCUT2D eigenvalue weighted by Crippen LogP contribution is -2.28. The van der Waals surface area contributed by atoms with Crippen LogP contribution in [0.15, 0.2) is 11.4 Å². The second-order valence-electron chi connectivity index (χ2n) is 3.26. The number of hydrogen-bond donors (Lipinski definition) is 2. The molecule has 7 heteroatoms. The fraction of sp³-hybridized carbons (Fsp3) is 0.556. The Labute approximate surface area is 95.4 Å². The molecule has 0 aliphatic rings. The molecule has 0 radical (unpaired) electrons. The normalized spacial score (nSPS) is 13.8. The fourth-order valence-electron chi connectivity index (χ4n) is 1.24. The number of ether oxygens (including phenoxy) is 1. The van der Waals surface area contributed by atoms with Gasteiger partial charge in [-0.1, -0.05) is 0 Å². The highest BCUT2D eigenvalue weighted by Crippen LogP contribution is 2.32. The van der Waals surface area contributed by atoms with Gasteiger partial charge in [0.2, 0.25) is 0 Å². The molecule has 0 aromatic carbocycles. The molecule has 1 rings (SSSR count). The lowest BCUT2D eigenvalue weighted by atomic mass is 10.1. The molecule has 0 bridgehead atoms. The minimum Gasteiger partial charge on any atom is -0.496 e. The first-order valence-corrected chi connectivity index (χ1v) is 5.49. The average molecular weight is 254 g/mol. The van der Waals surface area contributed by atoms with Crippen LogP contribution >= 0.6 is 11.3 Å². The van der Waals surface area contributed by atoms with Crippen LogP contribution in [0.4, 0.5) is 13.2 Å². The second kappa shape index (κ2) is 5.51. The average Bonchev–Trinajstić information content (AvgIpc) is 2.65. The molecule has 1 atom stereocenters. The lowest BCUT2D eigenvalue weighted by Gasteiger charge is -2.15. The van der Waals surface area contributed by atoms with E-state index in [1.54, 1.807) is 11.4 Å². The van der Waals surface area contributed by atoms with Gasteiger partial charge in [0.25, 0.3) is 0 Å². The van der Waals surface area contributed by atoms with E-state index in [2.05, 4.69) is 5.43 Å². The van der Waals surface area contributed by atoms with Gasteiger partial charge in [0, 0.05) is 16.7 Å². The van der Waals surface area contributed by atoms with E-state index < -0.39 is 18.6 Å². The number of hydrogen-bond acceptors (Lipinski definition) is 4. The maximum atomic E-state index is 12.0. The minimum atomic E-state index is -4.16. The molecule has 0 fully saturated rings. The zero-order chi connectivity index (χ0) is 12.2. The number of thiophene rings is 1. The van der Waals surface area contributed by atoms with Crippen LogP contribution < -0.4 is 16.0 Å². The molecule has 3 nitrogen and oxygen atoms in total. The smallest absolute Gasteiger partial charge is 0.389 e. The van der Waals surface area contributed by atoms with Gasteiger partial charge >= 0.3 is 6.18 Å². The molecular weight excluding hydrogens is 241 g/mol. The first kappa shape index (κ1) is 13.3. The fourth-order valence-corrected chi connectivity index (χ4v) is 2.19. The molecule has 0 aliphatic heterocycles. The molecular formula is C9H13F3N2OS. The highest BCUT2D eigenvalue weighted by molar-refractivity contribution is 7.10. The summed E-state index contributed by atoms with van der Waals surface area (Å²) >= 11 is 1.32. The van der Waals surface area contributed by atoms with Gasteiger partial charge in [-0.25, -0.2) is 0 Å². The summed E-state index contributed by atoms with van der Waals surface area (Å²) < 4.78 is 41.1. The Morgan fingerprint density at radius 1 is 1.56 bits per heavy atom. The van der Waals surface area contributed by atoms with Crippen LogP contribution in [0, 0.1) is 0 Å². The van der Waals surface area contributed by atoms with Gasteiger partial charge < -0.3 is 4.74 Å². The zero-order valence-corrected chi connectivity index (χ0v) is 9.49. The van der Waals surface area contributed by atoms with Crippen molar-refractivity contribution in [3.63, 3.8) is 0 Å². The molecule has 0 saturated heterocycles. The number of methoxy groups -OCH3 is 1. The number of halogens is 3. The standard InChI is InChI=1S/C9H13F3N2OS/c1-15-6-4-8(16-5-6)7(14-13)2-3-9(10,11)12/h4-5,7,14H,2-3,13H2,1H3. The van der Waals surface area contributed by atoms with Crippen LogP contribution in [0.2, 0.25) is 0 Å². The van der Waals surface area contributed by atoms with E-state index >= 15 is 0 Å². The van der Waals surface area contributed by atoms with Gasteiger partial charge in [0.05, 0.1) is 13.2 Å². The van der Waals surface area contributed by atoms with Crippen LogP contribution in [-0.4, -0.2) is 13.3 Å². The van der Waals surface area contributed by atoms with E-state index in [1.807, 2.05) is 0 Å². The van der Waals surface area contributed by atoms with E-state index in [0.29, 0.717) is 5.75 Å². The highest BCUT2D eigenvalue weighted by atomic mass is 32.1. The van der Waals surface area contributed by atoms with Crippen molar-refractivity contribution in [3.05, 3.63) is 16.3 Å². The van der Waals surface area contributed by atoms with Crippen LogP contribution in [0.3, 0.4) is 0 Å². The summed E-state index contributed by atoms with van der Waals surface area (Å²) in [5.74, 6) is 5.87. The molecule has 1 unspecified atom stereocenters. The number of nitrogens with two attached hydrogens (primary N) is 1. The van der Waals surface area contributed by atoms with Crippen molar-refractivity contribution in [2.45, 2.75) is 25.1 Å². The van der Waals surface area contributed by atoms with E-state index in [-0.39, 0.29) is 6.42 Å². The molecule has 0 spiro atoms. The quantitative estimate of drug-likeness (QED) is 0.627. The predicted molar refractivity (Wildman–Crippen MR) is 56.2 cm³/mol. The predicted octanol–water partition coefficient (Wildman–Crippen LogP) is 2.60. The third kappa shape index (κ3) is 3.99. The number of hydrazine groups is 1. The molecule has 3 N–H and O–H groups in total. The maximum Gasteiger partial charge on any atom is 0.389 e. The summed E-state index contributed by atoms with van der Waals surface area (Å²) in [6.45, 7) is 0. The molecule has 0 aliphatic carbocycles. The molecule has 0 saturated carbocycles. The summed E-state index contributed by atoms with van der Waals surface area (Å²) in [4.78, 5) is 0.739. The van der Waals surface area contributed by atoms with Crippen molar-refractivity contribution in [2.75, 3.05) is 7.11 Å². The Morgan fingerprint density at radius 3 is 2.69 bits per heavy atom. The third-order valence-electron chi connectivity index (χ3n) is 2.09. The Morgan fingerprint density at radius 2 is 2.25 bits per heavy atom. The first-order valence-electron chi connectivity index (χ1n) is 4.61. The molecule has 1 aromatic heterocycles. The minimum absolute atomic E-state index is 0.0797. The largest absolute Gasteiger partial charge is 0.496 e. The summed E-state index contributed by atoms with van der Waals surface area (Å²) in [6.07, 6.45) is -5.10. The van der Waals surface area contributed by atoms with Gasteiger partial charge in [0.1, 0.15) is 5.75 Å². The van der Waals surface area contributed by atoms with Gasteiger partial charge in [-0.15, -0.1) is 11.3 Å². The second-order valence-corrected chi connectivity index (χ2v) is 4.20. The van der Waals surface area contributed by atoms with E-state index in [1.165, 1.54) is 18.4 Å². The lowest BCUT2D eigenvalue weighted by molar-refractivity contribution is -0.136. The van der Waals surface area contributed by atoms with Gasteiger partial charge in [0.15, 0.2) is 0 Å². The van der Waals surface area contributed by atoms with Crippen molar-refractivity contribution in [2.24, 2.45) is 5.84 Å². The summed E-state index contributed by atoms with van der Waals surface area (Å²) in [5.41, 5.74) is 2.38. The Bertz CT molecular complexity index is 327. The Kier molecular flexibility index (Phi) is 4.57. The first-order chi connectivity index (χ1) is 7.46. The van der Waals surface area contributed by atoms with Crippen molar-refractivity contribution >= 4 is 11.3 Å². The topological polar surface area (TPSA) is 47.3 Å². The van der Waals surface area contributed by atoms with Gasteiger partial charge in [-0.2, -0.15) is 13.2 Å². The van der Waals surface area contributed by atoms with Gasteiger partial charge in [-0.3, -0.25) is 11.3 Å². The SMILES string of the molecule is COc1csc(C(CCC(F)(F)F)NN)c1. The molecule has 0 amide bonds. The Hall–Kier alpha value is -0.790.